The van der Waals surface area contributed by atoms with Gasteiger partial charge in [-0.15, -0.1) is 11.3 Å². The van der Waals surface area contributed by atoms with Crippen molar-refractivity contribution in [2.24, 2.45) is 0 Å². The Balaban J connectivity index is 1.94. The molecule has 4 nitrogen and oxygen atoms in total. The van der Waals surface area contributed by atoms with E-state index in [2.05, 4.69) is 36.4 Å². The smallest absolute Gasteiger partial charge is 0.410 e. The zero-order valence-electron chi connectivity index (χ0n) is 14.3. The second-order valence-corrected chi connectivity index (χ2v) is 8.08. The Hall–Kier alpha value is -1.07. The molecule has 0 radical (unpaired) electrons. The zero-order chi connectivity index (χ0) is 16.3. The maximum atomic E-state index is 12.3. The lowest BCUT2D eigenvalue weighted by Crippen LogP contribution is -2.44. The average Bonchev–Trinajstić information content (AvgIpc) is 3.06. The lowest BCUT2D eigenvalue weighted by Gasteiger charge is -2.32. The number of likely N-dealkylation sites (tertiary alicyclic amines) is 1. The van der Waals surface area contributed by atoms with Crippen LogP contribution in [0.2, 0.25) is 0 Å². The Labute approximate surface area is 138 Å². The third kappa shape index (κ3) is 4.46. The predicted octanol–water partition coefficient (Wildman–Crippen LogP) is 4.14. The summed E-state index contributed by atoms with van der Waals surface area (Å²) in [4.78, 5) is 17.9. The molecule has 0 saturated carbocycles. The normalized spacial score (nSPS) is 20.5. The summed E-state index contributed by atoms with van der Waals surface area (Å²) in [7, 11) is 2.13. The van der Waals surface area contributed by atoms with Crippen LogP contribution in [0.5, 0.6) is 0 Å². The molecule has 124 valence electrons. The minimum Gasteiger partial charge on any atom is -0.444 e. The molecule has 0 aliphatic carbocycles. The molecule has 0 N–H and O–H groups in total. The summed E-state index contributed by atoms with van der Waals surface area (Å²) in [5.41, 5.74) is -0.430. The average molecular weight is 324 g/mol. The van der Waals surface area contributed by atoms with E-state index in [1.54, 1.807) is 11.3 Å². The molecule has 1 amide bonds. The van der Waals surface area contributed by atoms with E-state index in [1.807, 2.05) is 25.7 Å². The van der Waals surface area contributed by atoms with Crippen LogP contribution in [0.25, 0.3) is 0 Å². The Morgan fingerprint density at radius 3 is 2.86 bits per heavy atom. The molecule has 1 aromatic rings. The molecule has 1 aromatic heterocycles. The number of ether oxygens (including phenoxy) is 1. The number of hydrogen-bond acceptors (Lipinski definition) is 4. The van der Waals surface area contributed by atoms with Gasteiger partial charge in [0.2, 0.25) is 0 Å². The Kier molecular flexibility index (Phi) is 5.50. The maximum Gasteiger partial charge on any atom is 0.410 e. The van der Waals surface area contributed by atoms with E-state index >= 15 is 0 Å². The summed E-state index contributed by atoms with van der Waals surface area (Å²) < 4.78 is 5.54. The quantitative estimate of drug-likeness (QED) is 0.834. The minimum absolute atomic E-state index is 0.174. The van der Waals surface area contributed by atoms with Gasteiger partial charge in [0, 0.05) is 30.1 Å². The molecule has 0 spiro atoms. The maximum absolute atomic E-state index is 12.3. The second-order valence-electron chi connectivity index (χ2n) is 7.10. The van der Waals surface area contributed by atoms with Crippen LogP contribution in [0.15, 0.2) is 17.5 Å². The van der Waals surface area contributed by atoms with Crippen LogP contribution < -0.4 is 0 Å². The van der Waals surface area contributed by atoms with Crippen LogP contribution in [0.4, 0.5) is 4.79 Å². The highest BCUT2D eigenvalue weighted by atomic mass is 32.1. The van der Waals surface area contributed by atoms with E-state index in [4.69, 9.17) is 4.74 Å². The van der Waals surface area contributed by atoms with Gasteiger partial charge in [-0.25, -0.2) is 4.79 Å². The first kappa shape index (κ1) is 17.3. The number of thiophene rings is 1. The third-order valence-corrected chi connectivity index (χ3v) is 5.16. The molecule has 1 fully saturated rings. The van der Waals surface area contributed by atoms with Crippen LogP contribution in [0.1, 0.15) is 51.5 Å². The van der Waals surface area contributed by atoms with E-state index in [9.17, 15) is 4.79 Å². The number of carbonyl (C=O) groups is 1. The number of nitrogens with zero attached hydrogens (tertiary/aromatic N) is 2. The van der Waals surface area contributed by atoms with Gasteiger partial charge >= 0.3 is 6.09 Å². The van der Waals surface area contributed by atoms with Gasteiger partial charge in [-0.05, 0) is 59.0 Å². The van der Waals surface area contributed by atoms with E-state index in [1.165, 1.54) is 4.88 Å². The van der Waals surface area contributed by atoms with Gasteiger partial charge in [0.15, 0.2) is 0 Å². The molecule has 1 aliphatic heterocycles. The topological polar surface area (TPSA) is 32.8 Å². The number of amides is 1. The number of rotatable bonds is 4. The van der Waals surface area contributed by atoms with Crippen molar-refractivity contribution in [3.63, 3.8) is 0 Å². The van der Waals surface area contributed by atoms with Gasteiger partial charge in [-0.3, -0.25) is 4.90 Å². The van der Waals surface area contributed by atoms with E-state index in [-0.39, 0.29) is 12.1 Å². The lowest BCUT2D eigenvalue weighted by molar-refractivity contribution is 0.0194. The van der Waals surface area contributed by atoms with Crippen molar-refractivity contribution in [2.75, 3.05) is 20.1 Å². The van der Waals surface area contributed by atoms with Gasteiger partial charge in [0.25, 0.3) is 0 Å². The second kappa shape index (κ2) is 7.01. The van der Waals surface area contributed by atoms with Crippen molar-refractivity contribution >= 4 is 17.4 Å². The number of carbonyl (C=O) groups excluding carboxylic acids is 1. The van der Waals surface area contributed by atoms with Gasteiger partial charge in [-0.1, -0.05) is 6.07 Å². The standard InChI is InChI=1S/C17H28N2O2S/c1-13(15-9-7-11-22-15)18(5)12-14-8-6-10-19(14)16(20)21-17(2,3)4/h7,9,11,13-14H,6,8,10,12H2,1-5H3/t13-,14+/m1/s1. The summed E-state index contributed by atoms with van der Waals surface area (Å²) in [5, 5.41) is 2.11. The third-order valence-electron chi connectivity index (χ3n) is 4.12. The number of likely N-dealkylation sites (N-methyl/N-ethyl adjacent to an activating group) is 1. The van der Waals surface area contributed by atoms with Crippen LogP contribution in [-0.4, -0.2) is 47.7 Å². The first-order valence-corrected chi connectivity index (χ1v) is 8.89. The summed E-state index contributed by atoms with van der Waals surface area (Å²) >= 11 is 1.79. The molecular formula is C17H28N2O2S. The molecular weight excluding hydrogens is 296 g/mol. The van der Waals surface area contributed by atoms with E-state index in [0.717, 1.165) is 25.9 Å². The van der Waals surface area contributed by atoms with Crippen LogP contribution in [0, 0.1) is 0 Å². The van der Waals surface area contributed by atoms with Gasteiger partial charge in [0.1, 0.15) is 5.60 Å². The SMILES string of the molecule is C[C@H](c1cccs1)N(C)C[C@@H]1CCCN1C(=O)OC(C)(C)C. The fourth-order valence-corrected chi connectivity index (χ4v) is 3.67. The molecule has 1 saturated heterocycles. The molecule has 22 heavy (non-hydrogen) atoms. The molecule has 0 bridgehead atoms. The summed E-state index contributed by atoms with van der Waals surface area (Å²) in [6.07, 6.45) is 1.94. The minimum atomic E-state index is -0.430. The fraction of sp³-hybridized carbons (Fsp3) is 0.706. The zero-order valence-corrected chi connectivity index (χ0v) is 15.2. The van der Waals surface area contributed by atoms with E-state index in [0.29, 0.717) is 6.04 Å². The largest absolute Gasteiger partial charge is 0.444 e. The van der Waals surface area contributed by atoms with Gasteiger partial charge < -0.3 is 9.64 Å². The van der Waals surface area contributed by atoms with Crippen molar-refractivity contribution in [2.45, 2.75) is 58.2 Å². The highest BCUT2D eigenvalue weighted by Crippen LogP contribution is 2.27. The highest BCUT2D eigenvalue weighted by Gasteiger charge is 2.33. The number of hydrogen-bond donors (Lipinski definition) is 0. The van der Waals surface area contributed by atoms with Crippen molar-refractivity contribution in [3.05, 3.63) is 22.4 Å². The van der Waals surface area contributed by atoms with Crippen molar-refractivity contribution in [1.82, 2.24) is 9.80 Å². The molecule has 2 rings (SSSR count). The van der Waals surface area contributed by atoms with Gasteiger partial charge in [-0.2, -0.15) is 0 Å². The molecule has 2 heterocycles. The first-order valence-electron chi connectivity index (χ1n) is 8.01. The van der Waals surface area contributed by atoms with Crippen LogP contribution in [-0.2, 0) is 4.74 Å². The van der Waals surface area contributed by atoms with Crippen LogP contribution in [0.3, 0.4) is 0 Å². The Morgan fingerprint density at radius 2 is 2.27 bits per heavy atom. The molecule has 2 atom stereocenters. The molecule has 5 heteroatoms. The Morgan fingerprint density at radius 1 is 1.55 bits per heavy atom. The molecule has 1 aliphatic rings. The molecule has 0 unspecified atom stereocenters. The molecule has 0 aromatic carbocycles. The van der Waals surface area contributed by atoms with Crippen molar-refractivity contribution < 1.29 is 9.53 Å². The lowest BCUT2D eigenvalue weighted by atomic mass is 10.1. The van der Waals surface area contributed by atoms with Gasteiger partial charge in [0.05, 0.1) is 0 Å². The monoisotopic (exact) mass is 324 g/mol. The summed E-state index contributed by atoms with van der Waals surface area (Å²) in [6, 6.07) is 4.89. The van der Waals surface area contributed by atoms with Crippen LogP contribution >= 0.6 is 11.3 Å². The Bertz CT molecular complexity index is 481. The summed E-state index contributed by atoms with van der Waals surface area (Å²) in [6.45, 7) is 9.67. The van der Waals surface area contributed by atoms with Crippen molar-refractivity contribution in [3.8, 4) is 0 Å². The first-order chi connectivity index (χ1) is 10.3. The van der Waals surface area contributed by atoms with Crippen molar-refractivity contribution in [1.29, 1.82) is 0 Å². The van der Waals surface area contributed by atoms with E-state index < -0.39 is 5.60 Å². The predicted molar refractivity (Wildman–Crippen MR) is 91.3 cm³/mol. The summed E-state index contributed by atoms with van der Waals surface area (Å²) in [5.74, 6) is 0. The fourth-order valence-electron chi connectivity index (χ4n) is 2.82. The highest BCUT2D eigenvalue weighted by molar-refractivity contribution is 7.10.